The number of ether oxygens (including phenoxy) is 1. The number of rotatable bonds is 7. The second-order valence-electron chi connectivity index (χ2n) is 6.18. The minimum atomic E-state index is -0.130. The quantitative estimate of drug-likeness (QED) is 0.654. The molecule has 2 heterocycles. The van der Waals surface area contributed by atoms with Crippen molar-refractivity contribution >= 4 is 16.8 Å². The molecule has 1 aromatic carbocycles. The van der Waals surface area contributed by atoms with E-state index in [0.29, 0.717) is 24.6 Å². The number of aromatic nitrogens is 2. The molecule has 1 N–H and O–H groups in total. The molecule has 1 amide bonds. The maximum absolute atomic E-state index is 12.8. The molecular formula is C21H23N3O2. The summed E-state index contributed by atoms with van der Waals surface area (Å²) in [4.78, 5) is 21.5. The number of nitrogens with one attached hydrogen (secondary N) is 1. The van der Waals surface area contributed by atoms with E-state index in [-0.39, 0.29) is 5.91 Å². The van der Waals surface area contributed by atoms with Gasteiger partial charge in [-0.1, -0.05) is 37.6 Å². The predicted molar refractivity (Wildman–Crippen MR) is 102 cm³/mol. The van der Waals surface area contributed by atoms with Gasteiger partial charge in [-0.2, -0.15) is 0 Å². The van der Waals surface area contributed by atoms with Crippen LogP contribution in [0, 0.1) is 6.92 Å². The summed E-state index contributed by atoms with van der Waals surface area (Å²) < 4.78 is 5.73. The number of hydrogen-bond donors (Lipinski definition) is 1. The Morgan fingerprint density at radius 2 is 2.04 bits per heavy atom. The Bertz CT molecular complexity index is 909. The highest BCUT2D eigenvalue weighted by atomic mass is 16.5. The van der Waals surface area contributed by atoms with E-state index in [9.17, 15) is 4.79 Å². The van der Waals surface area contributed by atoms with Gasteiger partial charge in [0.1, 0.15) is 0 Å². The lowest BCUT2D eigenvalue weighted by atomic mass is 10.1. The second kappa shape index (κ2) is 8.43. The Morgan fingerprint density at radius 1 is 1.19 bits per heavy atom. The van der Waals surface area contributed by atoms with Crippen LogP contribution in [0.4, 0.5) is 0 Å². The maximum Gasteiger partial charge on any atom is 0.252 e. The largest absolute Gasteiger partial charge is 0.477 e. The number of unbranched alkanes of at least 4 members (excludes halogenated alkanes) is 1. The Balaban J connectivity index is 1.76. The molecule has 0 spiro atoms. The minimum Gasteiger partial charge on any atom is -0.477 e. The Kier molecular flexibility index (Phi) is 5.79. The van der Waals surface area contributed by atoms with Gasteiger partial charge in [0.2, 0.25) is 5.88 Å². The number of pyridine rings is 2. The highest BCUT2D eigenvalue weighted by Gasteiger charge is 2.13. The normalized spacial score (nSPS) is 10.7. The van der Waals surface area contributed by atoms with Gasteiger partial charge >= 0.3 is 0 Å². The first-order chi connectivity index (χ1) is 12.7. The highest BCUT2D eigenvalue weighted by Crippen LogP contribution is 2.19. The summed E-state index contributed by atoms with van der Waals surface area (Å²) in [6.45, 7) is 5.00. The molecule has 3 rings (SSSR count). The van der Waals surface area contributed by atoms with E-state index in [0.717, 1.165) is 35.0 Å². The molecule has 0 radical (unpaired) electrons. The monoisotopic (exact) mass is 349 g/mol. The van der Waals surface area contributed by atoms with Gasteiger partial charge in [0, 0.05) is 29.4 Å². The van der Waals surface area contributed by atoms with Crippen LogP contribution in [0.5, 0.6) is 5.88 Å². The number of benzene rings is 1. The van der Waals surface area contributed by atoms with Crippen molar-refractivity contribution in [3.8, 4) is 5.88 Å². The molecule has 0 bridgehead atoms. The molecule has 0 aliphatic rings. The van der Waals surface area contributed by atoms with Gasteiger partial charge in [-0.05, 0) is 31.5 Å². The SMILES string of the molecule is CCCCOc1ncccc1CNC(=O)c1cc(C)nc2ccccc12. The Morgan fingerprint density at radius 3 is 2.88 bits per heavy atom. The smallest absolute Gasteiger partial charge is 0.252 e. The number of carbonyl (C=O) groups excluding carboxylic acids is 1. The maximum atomic E-state index is 12.8. The van der Waals surface area contributed by atoms with Gasteiger partial charge < -0.3 is 10.1 Å². The Labute approximate surface area is 153 Å². The first-order valence-electron chi connectivity index (χ1n) is 8.90. The van der Waals surface area contributed by atoms with E-state index in [2.05, 4.69) is 22.2 Å². The number of para-hydroxylation sites is 1. The molecular weight excluding hydrogens is 326 g/mol. The van der Waals surface area contributed by atoms with E-state index >= 15 is 0 Å². The van der Waals surface area contributed by atoms with Crippen molar-refractivity contribution in [1.29, 1.82) is 0 Å². The molecule has 2 aromatic heterocycles. The lowest BCUT2D eigenvalue weighted by Gasteiger charge is -2.12. The fourth-order valence-electron chi connectivity index (χ4n) is 2.77. The molecule has 5 nitrogen and oxygen atoms in total. The van der Waals surface area contributed by atoms with Crippen LogP contribution < -0.4 is 10.1 Å². The molecule has 0 saturated carbocycles. The fourth-order valence-corrected chi connectivity index (χ4v) is 2.77. The van der Waals surface area contributed by atoms with E-state index in [1.807, 2.05) is 49.4 Å². The summed E-state index contributed by atoms with van der Waals surface area (Å²) in [5, 5.41) is 3.83. The van der Waals surface area contributed by atoms with Gasteiger partial charge in [-0.15, -0.1) is 0 Å². The van der Waals surface area contributed by atoms with Crippen LogP contribution in [-0.2, 0) is 6.54 Å². The Hall–Kier alpha value is -2.95. The summed E-state index contributed by atoms with van der Waals surface area (Å²) in [5.41, 5.74) is 3.14. The summed E-state index contributed by atoms with van der Waals surface area (Å²) >= 11 is 0. The van der Waals surface area contributed by atoms with E-state index in [1.165, 1.54) is 0 Å². The summed E-state index contributed by atoms with van der Waals surface area (Å²) in [7, 11) is 0. The fraction of sp³-hybridized carbons (Fsp3) is 0.286. The van der Waals surface area contributed by atoms with Gasteiger partial charge in [0.15, 0.2) is 0 Å². The van der Waals surface area contributed by atoms with Gasteiger partial charge in [-0.3, -0.25) is 9.78 Å². The summed E-state index contributed by atoms with van der Waals surface area (Å²) in [6.07, 6.45) is 3.74. The predicted octanol–water partition coefficient (Wildman–Crippen LogP) is 4.05. The van der Waals surface area contributed by atoms with Crippen LogP contribution in [0.2, 0.25) is 0 Å². The van der Waals surface area contributed by atoms with Crippen LogP contribution in [0.25, 0.3) is 10.9 Å². The van der Waals surface area contributed by atoms with Crippen molar-refractivity contribution in [2.75, 3.05) is 6.61 Å². The average Bonchev–Trinajstić information content (AvgIpc) is 2.66. The number of hydrogen-bond acceptors (Lipinski definition) is 4. The lowest BCUT2D eigenvalue weighted by molar-refractivity contribution is 0.0952. The second-order valence-corrected chi connectivity index (χ2v) is 6.18. The van der Waals surface area contributed by atoms with Crippen molar-refractivity contribution in [1.82, 2.24) is 15.3 Å². The molecule has 134 valence electrons. The van der Waals surface area contributed by atoms with Crippen LogP contribution in [0.1, 0.15) is 41.4 Å². The van der Waals surface area contributed by atoms with Gasteiger partial charge in [0.05, 0.1) is 17.7 Å². The third kappa shape index (κ3) is 4.17. The van der Waals surface area contributed by atoms with Gasteiger partial charge in [-0.25, -0.2) is 4.98 Å². The molecule has 0 aliphatic heterocycles. The lowest BCUT2D eigenvalue weighted by Crippen LogP contribution is -2.24. The van der Waals surface area contributed by atoms with Crippen molar-refractivity contribution in [3.63, 3.8) is 0 Å². The van der Waals surface area contributed by atoms with E-state index in [4.69, 9.17) is 4.74 Å². The van der Waals surface area contributed by atoms with Crippen molar-refractivity contribution in [2.45, 2.75) is 33.2 Å². The molecule has 0 unspecified atom stereocenters. The van der Waals surface area contributed by atoms with E-state index < -0.39 is 0 Å². The molecule has 3 aromatic rings. The summed E-state index contributed by atoms with van der Waals surface area (Å²) in [5.74, 6) is 0.451. The first kappa shape index (κ1) is 17.9. The molecule has 26 heavy (non-hydrogen) atoms. The zero-order valence-corrected chi connectivity index (χ0v) is 15.2. The zero-order chi connectivity index (χ0) is 18.4. The zero-order valence-electron chi connectivity index (χ0n) is 15.2. The van der Waals surface area contributed by atoms with E-state index in [1.54, 1.807) is 6.20 Å². The van der Waals surface area contributed by atoms with Crippen LogP contribution >= 0.6 is 0 Å². The molecule has 0 aliphatic carbocycles. The standard InChI is InChI=1S/C21H23N3O2/c1-3-4-12-26-21-16(8-7-11-22-21)14-23-20(25)18-13-15(2)24-19-10-6-5-9-17(18)19/h5-11,13H,3-4,12,14H2,1-2H3,(H,23,25). The van der Waals surface area contributed by atoms with Crippen molar-refractivity contribution < 1.29 is 9.53 Å². The van der Waals surface area contributed by atoms with Gasteiger partial charge in [0.25, 0.3) is 5.91 Å². The van der Waals surface area contributed by atoms with Crippen molar-refractivity contribution in [3.05, 3.63) is 65.5 Å². The van der Waals surface area contributed by atoms with Crippen LogP contribution in [0.3, 0.4) is 0 Å². The summed E-state index contributed by atoms with van der Waals surface area (Å²) in [6, 6.07) is 13.3. The number of amides is 1. The van der Waals surface area contributed by atoms with Crippen molar-refractivity contribution in [2.24, 2.45) is 0 Å². The van der Waals surface area contributed by atoms with Crippen LogP contribution in [0.15, 0.2) is 48.7 Å². The molecule has 0 fully saturated rings. The molecule has 0 atom stereocenters. The molecule has 0 saturated heterocycles. The number of carbonyl (C=O) groups is 1. The average molecular weight is 349 g/mol. The third-order valence-corrected chi connectivity index (χ3v) is 4.11. The number of nitrogens with zero attached hydrogens (tertiary/aromatic N) is 2. The number of fused-ring (bicyclic) bond motifs is 1. The van der Waals surface area contributed by atoms with Crippen LogP contribution in [-0.4, -0.2) is 22.5 Å². The highest BCUT2D eigenvalue weighted by molar-refractivity contribution is 6.06. The third-order valence-electron chi connectivity index (χ3n) is 4.11. The topological polar surface area (TPSA) is 64.1 Å². The molecule has 5 heteroatoms. The number of aryl methyl sites for hydroxylation is 1. The first-order valence-corrected chi connectivity index (χ1v) is 8.90. The minimum absolute atomic E-state index is 0.130.